The van der Waals surface area contributed by atoms with Gasteiger partial charge in [-0.15, -0.1) is 0 Å². The molecule has 0 aliphatic heterocycles. The van der Waals surface area contributed by atoms with Crippen LogP contribution < -0.4 is 5.32 Å². The van der Waals surface area contributed by atoms with Gasteiger partial charge in [-0.05, 0) is 24.2 Å². The molecule has 2 aromatic carbocycles. The van der Waals surface area contributed by atoms with Crippen LogP contribution in [0, 0.1) is 10.1 Å². The Hall–Kier alpha value is -2.97. The molecule has 1 unspecified atom stereocenters. The van der Waals surface area contributed by atoms with E-state index in [-0.39, 0.29) is 24.7 Å². The number of nitrogens with one attached hydrogen (secondary N) is 1. The van der Waals surface area contributed by atoms with E-state index >= 15 is 0 Å². The lowest BCUT2D eigenvalue weighted by Crippen LogP contribution is -2.46. The maximum Gasteiger partial charge on any atom is 0.328 e. The van der Waals surface area contributed by atoms with Crippen molar-refractivity contribution >= 4 is 29.2 Å². The number of rotatable bonds is 9. The van der Waals surface area contributed by atoms with Crippen molar-refractivity contribution in [1.29, 1.82) is 0 Å². The van der Waals surface area contributed by atoms with Crippen LogP contribution in [0.4, 0.5) is 5.69 Å². The fraction of sp³-hybridized carbons (Fsp3) is 0.300. The summed E-state index contributed by atoms with van der Waals surface area (Å²) in [6, 6.07) is 12.6. The standard InChI is InChI=1S/C20H22ClN3O5/c1-23(12-15-11-16(24(27)28)8-9-17(15)21)13-19(25)22-18(20(26)29-2)10-14-6-4-3-5-7-14/h3-9,11,18H,10,12-13H2,1-2H3,(H,22,25). The van der Waals surface area contributed by atoms with E-state index in [9.17, 15) is 19.7 Å². The zero-order chi connectivity index (χ0) is 21.4. The summed E-state index contributed by atoms with van der Waals surface area (Å²) >= 11 is 6.11. The van der Waals surface area contributed by atoms with Crippen LogP contribution in [-0.4, -0.2) is 48.4 Å². The molecular formula is C20H22ClN3O5. The lowest BCUT2D eigenvalue weighted by molar-refractivity contribution is -0.384. The average molecular weight is 420 g/mol. The lowest BCUT2D eigenvalue weighted by atomic mass is 10.1. The molecule has 2 rings (SSSR count). The quantitative estimate of drug-likeness (QED) is 0.381. The molecule has 1 N–H and O–H groups in total. The molecule has 0 saturated carbocycles. The highest BCUT2D eigenvalue weighted by Gasteiger charge is 2.22. The highest BCUT2D eigenvalue weighted by atomic mass is 35.5. The van der Waals surface area contributed by atoms with Crippen LogP contribution in [0.5, 0.6) is 0 Å². The first-order chi connectivity index (χ1) is 13.8. The Balaban J connectivity index is 1.99. The number of esters is 1. The van der Waals surface area contributed by atoms with Gasteiger partial charge in [-0.25, -0.2) is 4.79 Å². The summed E-state index contributed by atoms with van der Waals surface area (Å²) in [6.45, 7) is 0.205. The molecule has 0 fully saturated rings. The smallest absolute Gasteiger partial charge is 0.328 e. The fourth-order valence-corrected chi connectivity index (χ4v) is 2.99. The van der Waals surface area contributed by atoms with Gasteiger partial charge in [0.05, 0.1) is 18.6 Å². The number of amides is 1. The summed E-state index contributed by atoms with van der Waals surface area (Å²) in [7, 11) is 2.95. The highest BCUT2D eigenvalue weighted by molar-refractivity contribution is 6.31. The van der Waals surface area contributed by atoms with Crippen LogP contribution in [0.3, 0.4) is 0 Å². The van der Waals surface area contributed by atoms with Gasteiger partial charge in [0.15, 0.2) is 0 Å². The van der Waals surface area contributed by atoms with E-state index in [4.69, 9.17) is 16.3 Å². The van der Waals surface area contributed by atoms with Crippen molar-refractivity contribution in [3.05, 3.63) is 74.8 Å². The predicted octanol–water partition coefficient (Wildman–Crippen LogP) is 2.58. The molecule has 8 nitrogen and oxygen atoms in total. The average Bonchev–Trinajstić information content (AvgIpc) is 2.69. The van der Waals surface area contributed by atoms with Crippen LogP contribution in [0.2, 0.25) is 5.02 Å². The Morgan fingerprint density at radius 3 is 2.55 bits per heavy atom. The molecule has 0 aromatic heterocycles. The third-order valence-electron chi connectivity index (χ3n) is 4.20. The molecule has 1 amide bonds. The molecular weight excluding hydrogens is 398 g/mol. The number of benzene rings is 2. The number of nitro groups is 1. The number of likely N-dealkylation sites (N-methyl/N-ethyl adjacent to an activating group) is 1. The van der Waals surface area contributed by atoms with Crippen molar-refractivity contribution in [3.63, 3.8) is 0 Å². The molecule has 0 radical (unpaired) electrons. The second kappa shape index (κ2) is 10.5. The number of carbonyl (C=O) groups excluding carboxylic acids is 2. The number of nitrogens with zero attached hydrogens (tertiary/aromatic N) is 2. The minimum atomic E-state index is -0.815. The molecule has 9 heteroatoms. The fourth-order valence-electron chi connectivity index (χ4n) is 2.81. The largest absolute Gasteiger partial charge is 0.467 e. The molecule has 0 aliphatic rings. The van der Waals surface area contributed by atoms with Gasteiger partial charge < -0.3 is 10.1 Å². The van der Waals surface area contributed by atoms with E-state index in [1.54, 1.807) is 11.9 Å². The van der Waals surface area contributed by atoms with E-state index in [1.165, 1.54) is 25.3 Å². The first-order valence-electron chi connectivity index (χ1n) is 8.82. The number of methoxy groups -OCH3 is 1. The van der Waals surface area contributed by atoms with Gasteiger partial charge in [0.25, 0.3) is 5.69 Å². The van der Waals surface area contributed by atoms with Gasteiger partial charge in [0.1, 0.15) is 6.04 Å². The second-order valence-electron chi connectivity index (χ2n) is 6.54. The summed E-state index contributed by atoms with van der Waals surface area (Å²) in [4.78, 5) is 36.5. The van der Waals surface area contributed by atoms with Gasteiger partial charge in [-0.1, -0.05) is 41.9 Å². The number of non-ortho nitro benzene ring substituents is 1. The Bertz CT molecular complexity index is 876. The molecule has 0 aliphatic carbocycles. The number of halogens is 1. The normalized spacial score (nSPS) is 11.7. The maximum atomic E-state index is 12.4. The van der Waals surface area contributed by atoms with Crippen molar-refractivity contribution in [2.24, 2.45) is 0 Å². The van der Waals surface area contributed by atoms with E-state index in [0.29, 0.717) is 17.0 Å². The van der Waals surface area contributed by atoms with E-state index in [0.717, 1.165) is 5.56 Å². The zero-order valence-corrected chi connectivity index (χ0v) is 16.9. The third-order valence-corrected chi connectivity index (χ3v) is 4.57. The van der Waals surface area contributed by atoms with Crippen LogP contribution in [0.25, 0.3) is 0 Å². The molecule has 2 aromatic rings. The molecule has 0 heterocycles. The van der Waals surface area contributed by atoms with E-state index in [1.807, 2.05) is 30.3 Å². The first-order valence-corrected chi connectivity index (χ1v) is 9.20. The van der Waals surface area contributed by atoms with E-state index in [2.05, 4.69) is 5.32 Å². The number of carbonyl (C=O) groups is 2. The Kier molecular flexibility index (Phi) is 8.11. The summed E-state index contributed by atoms with van der Waals surface area (Å²) in [5.74, 6) is -0.910. The lowest BCUT2D eigenvalue weighted by Gasteiger charge is -2.20. The van der Waals surface area contributed by atoms with Crippen molar-refractivity contribution in [1.82, 2.24) is 10.2 Å². The SMILES string of the molecule is COC(=O)C(Cc1ccccc1)NC(=O)CN(C)Cc1cc([N+](=O)[O-])ccc1Cl. The van der Waals surface area contributed by atoms with Gasteiger partial charge in [0.2, 0.25) is 5.91 Å². The van der Waals surface area contributed by atoms with Crippen LogP contribution >= 0.6 is 11.6 Å². The van der Waals surface area contributed by atoms with Crippen LogP contribution in [0.1, 0.15) is 11.1 Å². The maximum absolute atomic E-state index is 12.4. The summed E-state index contributed by atoms with van der Waals surface area (Å²) in [5.41, 5.74) is 1.35. The van der Waals surface area contributed by atoms with Gasteiger partial charge >= 0.3 is 5.97 Å². The van der Waals surface area contributed by atoms with Gasteiger partial charge in [0, 0.05) is 30.1 Å². The first kappa shape index (κ1) is 22.3. The van der Waals surface area contributed by atoms with Crippen LogP contribution in [-0.2, 0) is 27.3 Å². The summed E-state index contributed by atoms with van der Waals surface area (Å²) < 4.78 is 4.79. The Morgan fingerprint density at radius 1 is 1.24 bits per heavy atom. The topological polar surface area (TPSA) is 102 Å². The second-order valence-corrected chi connectivity index (χ2v) is 6.95. The van der Waals surface area contributed by atoms with Gasteiger partial charge in [-0.2, -0.15) is 0 Å². The van der Waals surface area contributed by atoms with Crippen molar-refractivity contribution in [3.8, 4) is 0 Å². The molecule has 29 heavy (non-hydrogen) atoms. The Labute approximate surface area is 173 Å². The number of ether oxygens (including phenoxy) is 1. The Morgan fingerprint density at radius 2 is 1.93 bits per heavy atom. The zero-order valence-electron chi connectivity index (χ0n) is 16.1. The van der Waals surface area contributed by atoms with Crippen molar-refractivity contribution < 1.29 is 19.2 Å². The molecule has 0 bridgehead atoms. The predicted molar refractivity (Wildman–Crippen MR) is 109 cm³/mol. The minimum Gasteiger partial charge on any atom is -0.467 e. The monoisotopic (exact) mass is 419 g/mol. The molecule has 0 saturated heterocycles. The summed E-state index contributed by atoms with van der Waals surface area (Å²) in [6.07, 6.45) is 0.305. The van der Waals surface area contributed by atoms with E-state index < -0.39 is 16.9 Å². The molecule has 1 atom stereocenters. The van der Waals surface area contributed by atoms with Crippen molar-refractivity contribution in [2.75, 3.05) is 20.7 Å². The third kappa shape index (κ3) is 6.85. The minimum absolute atomic E-state index is 0.0265. The number of hydrogen-bond acceptors (Lipinski definition) is 6. The molecule has 154 valence electrons. The summed E-state index contributed by atoms with van der Waals surface area (Å²) in [5, 5.41) is 14.0. The van der Waals surface area contributed by atoms with Crippen LogP contribution in [0.15, 0.2) is 48.5 Å². The number of hydrogen-bond donors (Lipinski definition) is 1. The van der Waals surface area contributed by atoms with Gasteiger partial charge in [-0.3, -0.25) is 19.8 Å². The highest BCUT2D eigenvalue weighted by Crippen LogP contribution is 2.23. The van der Waals surface area contributed by atoms with Crippen molar-refractivity contribution in [2.45, 2.75) is 19.0 Å². The number of nitro benzene ring substituents is 1. The molecule has 0 spiro atoms.